The standard InChI is InChI=1S/C19H26N6O2/c1-15-4-3-5-16(12-15)24-21-14-17-22-18(25-7-10-26-11-8-25)13-19(23-17)27-9-6-20-2/h3-5,12-13,20H,6-11,14H2,1-2H3. The largest absolute Gasteiger partial charge is 0.476 e. The van der Waals surface area contributed by atoms with Gasteiger partial charge >= 0.3 is 0 Å². The number of ether oxygens (including phenoxy) is 2. The van der Waals surface area contributed by atoms with Gasteiger partial charge in [0.25, 0.3) is 0 Å². The minimum absolute atomic E-state index is 0.300. The first kappa shape index (κ1) is 19.2. The van der Waals surface area contributed by atoms with E-state index in [0.29, 0.717) is 38.1 Å². The third-order valence-electron chi connectivity index (χ3n) is 4.07. The topological polar surface area (TPSA) is 84.2 Å². The van der Waals surface area contributed by atoms with Crippen LogP contribution in [0.1, 0.15) is 11.4 Å². The van der Waals surface area contributed by atoms with Crippen LogP contribution in [0.15, 0.2) is 40.6 Å². The Morgan fingerprint density at radius 1 is 1.22 bits per heavy atom. The van der Waals surface area contributed by atoms with Crippen LogP contribution in [0.5, 0.6) is 5.88 Å². The van der Waals surface area contributed by atoms with E-state index in [1.807, 2.05) is 44.3 Å². The molecule has 8 nitrogen and oxygen atoms in total. The minimum atomic E-state index is 0.300. The third-order valence-corrected chi connectivity index (χ3v) is 4.07. The average molecular weight is 370 g/mol. The van der Waals surface area contributed by atoms with E-state index >= 15 is 0 Å². The maximum atomic E-state index is 5.76. The lowest BCUT2D eigenvalue weighted by Crippen LogP contribution is -2.37. The van der Waals surface area contributed by atoms with Gasteiger partial charge in [0.1, 0.15) is 19.0 Å². The number of aryl methyl sites for hydroxylation is 1. The summed E-state index contributed by atoms with van der Waals surface area (Å²) in [6, 6.07) is 9.78. The zero-order valence-corrected chi connectivity index (χ0v) is 15.9. The van der Waals surface area contributed by atoms with Gasteiger partial charge in [0.15, 0.2) is 5.82 Å². The molecule has 0 radical (unpaired) electrons. The van der Waals surface area contributed by atoms with Gasteiger partial charge in [-0.05, 0) is 31.7 Å². The fourth-order valence-electron chi connectivity index (χ4n) is 2.69. The first-order valence-electron chi connectivity index (χ1n) is 9.17. The van der Waals surface area contributed by atoms with Crippen LogP contribution in [0.4, 0.5) is 11.5 Å². The Labute approximate surface area is 159 Å². The molecule has 2 aromatic rings. The van der Waals surface area contributed by atoms with Crippen LogP contribution in [0.2, 0.25) is 0 Å². The van der Waals surface area contributed by atoms with Crippen molar-refractivity contribution in [2.45, 2.75) is 13.5 Å². The summed E-state index contributed by atoms with van der Waals surface area (Å²) in [6.07, 6.45) is 0. The summed E-state index contributed by atoms with van der Waals surface area (Å²) in [5.41, 5.74) is 1.97. The Kier molecular flexibility index (Phi) is 7.06. The molecule has 1 aliphatic heterocycles. The van der Waals surface area contributed by atoms with Gasteiger partial charge in [-0.1, -0.05) is 12.1 Å². The van der Waals surface area contributed by atoms with Crippen molar-refractivity contribution < 1.29 is 9.47 Å². The molecule has 0 aliphatic carbocycles. The molecule has 1 aromatic heterocycles. The molecular formula is C19H26N6O2. The van der Waals surface area contributed by atoms with Gasteiger partial charge in [-0.2, -0.15) is 15.2 Å². The molecule has 1 N–H and O–H groups in total. The summed E-state index contributed by atoms with van der Waals surface area (Å²) in [4.78, 5) is 11.3. The second-order valence-corrected chi connectivity index (χ2v) is 6.27. The Bertz CT molecular complexity index is 762. The third kappa shape index (κ3) is 5.97. The van der Waals surface area contributed by atoms with Crippen LogP contribution in [0.25, 0.3) is 0 Å². The van der Waals surface area contributed by atoms with Crippen LogP contribution in [-0.2, 0) is 11.3 Å². The lowest BCUT2D eigenvalue weighted by atomic mass is 10.2. The number of rotatable bonds is 8. The van der Waals surface area contributed by atoms with Crippen molar-refractivity contribution in [2.24, 2.45) is 10.2 Å². The van der Waals surface area contributed by atoms with Crippen LogP contribution in [-0.4, -0.2) is 56.5 Å². The number of likely N-dealkylation sites (N-methyl/N-ethyl adjacent to an activating group) is 1. The first-order chi connectivity index (χ1) is 13.2. The number of azo groups is 1. The number of benzene rings is 1. The van der Waals surface area contributed by atoms with E-state index in [-0.39, 0.29) is 0 Å². The normalized spacial score (nSPS) is 14.7. The van der Waals surface area contributed by atoms with E-state index in [2.05, 4.69) is 30.4 Å². The Hall–Kier alpha value is -2.58. The van der Waals surface area contributed by atoms with E-state index in [1.165, 1.54) is 0 Å². The summed E-state index contributed by atoms with van der Waals surface area (Å²) in [6.45, 7) is 6.62. The summed E-state index contributed by atoms with van der Waals surface area (Å²) < 4.78 is 11.2. The molecule has 0 unspecified atom stereocenters. The zero-order chi connectivity index (χ0) is 18.9. The molecule has 2 heterocycles. The molecule has 0 bridgehead atoms. The van der Waals surface area contributed by atoms with Gasteiger partial charge in [0.05, 0.1) is 18.9 Å². The number of morpholine rings is 1. The predicted molar refractivity (Wildman–Crippen MR) is 104 cm³/mol. The first-order valence-corrected chi connectivity index (χ1v) is 9.17. The molecule has 1 fully saturated rings. The van der Waals surface area contributed by atoms with Gasteiger partial charge in [-0.3, -0.25) is 0 Å². The summed E-state index contributed by atoms with van der Waals surface area (Å²) in [5.74, 6) is 1.99. The van der Waals surface area contributed by atoms with Crippen LogP contribution in [0.3, 0.4) is 0 Å². The number of hydrogen-bond acceptors (Lipinski definition) is 8. The molecule has 1 aliphatic rings. The molecule has 0 saturated carbocycles. The smallest absolute Gasteiger partial charge is 0.218 e. The molecule has 1 aromatic carbocycles. The number of hydrogen-bond donors (Lipinski definition) is 1. The fourth-order valence-corrected chi connectivity index (χ4v) is 2.69. The van der Waals surface area contributed by atoms with Gasteiger partial charge in [0.2, 0.25) is 5.88 Å². The lowest BCUT2D eigenvalue weighted by molar-refractivity contribution is 0.122. The summed E-state index contributed by atoms with van der Waals surface area (Å²) >= 11 is 0. The molecule has 144 valence electrons. The highest BCUT2D eigenvalue weighted by Crippen LogP contribution is 2.20. The van der Waals surface area contributed by atoms with Crippen molar-refractivity contribution in [2.75, 3.05) is 51.4 Å². The lowest BCUT2D eigenvalue weighted by Gasteiger charge is -2.28. The molecule has 3 rings (SSSR count). The summed E-state index contributed by atoms with van der Waals surface area (Å²) in [7, 11) is 1.89. The summed E-state index contributed by atoms with van der Waals surface area (Å²) in [5, 5.41) is 11.6. The molecular weight excluding hydrogens is 344 g/mol. The molecule has 1 saturated heterocycles. The van der Waals surface area contributed by atoms with Crippen molar-refractivity contribution in [1.82, 2.24) is 15.3 Å². The molecule has 8 heteroatoms. The Morgan fingerprint density at radius 2 is 2.07 bits per heavy atom. The van der Waals surface area contributed by atoms with E-state index < -0.39 is 0 Å². The predicted octanol–water partition coefficient (Wildman–Crippen LogP) is 2.50. The molecule has 0 amide bonds. The highest BCUT2D eigenvalue weighted by molar-refractivity contribution is 5.42. The molecule has 27 heavy (non-hydrogen) atoms. The minimum Gasteiger partial charge on any atom is -0.476 e. The van der Waals surface area contributed by atoms with Crippen molar-refractivity contribution in [3.63, 3.8) is 0 Å². The van der Waals surface area contributed by atoms with Gasteiger partial charge in [0, 0.05) is 25.7 Å². The highest BCUT2D eigenvalue weighted by Gasteiger charge is 2.15. The number of nitrogens with zero attached hydrogens (tertiary/aromatic N) is 5. The van der Waals surface area contributed by atoms with E-state index in [4.69, 9.17) is 9.47 Å². The van der Waals surface area contributed by atoms with Crippen LogP contribution >= 0.6 is 0 Å². The highest BCUT2D eigenvalue weighted by atomic mass is 16.5. The fraction of sp³-hybridized carbons (Fsp3) is 0.474. The maximum Gasteiger partial charge on any atom is 0.218 e. The zero-order valence-electron chi connectivity index (χ0n) is 15.9. The molecule has 0 spiro atoms. The second-order valence-electron chi connectivity index (χ2n) is 6.27. The van der Waals surface area contributed by atoms with Crippen molar-refractivity contribution >= 4 is 11.5 Å². The van der Waals surface area contributed by atoms with Crippen molar-refractivity contribution in [1.29, 1.82) is 0 Å². The van der Waals surface area contributed by atoms with E-state index in [9.17, 15) is 0 Å². The quantitative estimate of drug-likeness (QED) is 0.568. The van der Waals surface area contributed by atoms with Gasteiger partial charge in [-0.15, -0.1) is 0 Å². The van der Waals surface area contributed by atoms with Crippen LogP contribution < -0.4 is 15.0 Å². The van der Waals surface area contributed by atoms with E-state index in [0.717, 1.165) is 36.7 Å². The Balaban J connectivity index is 1.74. The SMILES string of the molecule is CNCCOc1cc(N2CCOCC2)nc(CN=Nc2cccc(C)c2)n1. The number of aromatic nitrogens is 2. The number of anilines is 1. The average Bonchev–Trinajstić information content (AvgIpc) is 2.69. The monoisotopic (exact) mass is 370 g/mol. The van der Waals surface area contributed by atoms with Crippen LogP contribution in [0, 0.1) is 6.92 Å². The number of nitrogens with one attached hydrogen (secondary N) is 1. The second kappa shape index (κ2) is 9.94. The van der Waals surface area contributed by atoms with Gasteiger partial charge < -0.3 is 19.7 Å². The van der Waals surface area contributed by atoms with Crippen molar-refractivity contribution in [3.05, 3.63) is 41.7 Å². The Morgan fingerprint density at radius 3 is 2.85 bits per heavy atom. The molecule has 0 atom stereocenters. The maximum absolute atomic E-state index is 5.76. The van der Waals surface area contributed by atoms with Crippen molar-refractivity contribution in [3.8, 4) is 5.88 Å². The van der Waals surface area contributed by atoms with E-state index in [1.54, 1.807) is 0 Å². The van der Waals surface area contributed by atoms with Gasteiger partial charge in [-0.25, -0.2) is 4.98 Å².